The highest BCUT2D eigenvalue weighted by atomic mass is 16.2. The van der Waals surface area contributed by atoms with Gasteiger partial charge >= 0.3 is 0 Å². The average molecular weight is 302 g/mol. The van der Waals surface area contributed by atoms with E-state index in [0.717, 1.165) is 44.8 Å². The molecule has 0 radical (unpaired) electrons. The Morgan fingerprint density at radius 3 is 2.64 bits per heavy atom. The van der Waals surface area contributed by atoms with Crippen molar-refractivity contribution in [2.75, 3.05) is 37.6 Å². The van der Waals surface area contributed by atoms with Crippen molar-refractivity contribution < 1.29 is 9.59 Å². The Labute approximate surface area is 130 Å². The van der Waals surface area contributed by atoms with Crippen molar-refractivity contribution in [3.8, 4) is 0 Å². The number of carbonyl (C=O) groups excluding carboxylic acids is 2. The number of likely N-dealkylation sites (tertiary alicyclic amines) is 1. The molecule has 1 N–H and O–H groups in total. The van der Waals surface area contributed by atoms with E-state index in [1.807, 2.05) is 11.0 Å². The summed E-state index contributed by atoms with van der Waals surface area (Å²) in [5.41, 5.74) is 0.614. The van der Waals surface area contributed by atoms with Crippen LogP contribution in [0.2, 0.25) is 0 Å². The second-order valence-corrected chi connectivity index (χ2v) is 5.95. The molecule has 6 heteroatoms. The highest BCUT2D eigenvalue weighted by Crippen LogP contribution is 2.16. The van der Waals surface area contributed by atoms with Gasteiger partial charge in [0.1, 0.15) is 11.9 Å². The maximum absolute atomic E-state index is 12.5. The number of anilines is 1. The van der Waals surface area contributed by atoms with Crippen molar-refractivity contribution in [2.24, 2.45) is 0 Å². The van der Waals surface area contributed by atoms with Crippen LogP contribution in [-0.2, 0) is 4.79 Å². The summed E-state index contributed by atoms with van der Waals surface area (Å²) in [6.45, 7) is 5.50. The van der Waals surface area contributed by atoms with Gasteiger partial charge in [0, 0.05) is 44.5 Å². The van der Waals surface area contributed by atoms with Crippen molar-refractivity contribution >= 4 is 17.5 Å². The lowest BCUT2D eigenvalue weighted by Gasteiger charge is -2.35. The molecule has 0 aliphatic carbocycles. The molecule has 3 rings (SSSR count). The van der Waals surface area contributed by atoms with Crippen LogP contribution >= 0.6 is 0 Å². The van der Waals surface area contributed by atoms with Crippen LogP contribution < -0.4 is 10.2 Å². The zero-order valence-corrected chi connectivity index (χ0v) is 12.9. The summed E-state index contributed by atoms with van der Waals surface area (Å²) < 4.78 is 0. The summed E-state index contributed by atoms with van der Waals surface area (Å²) in [4.78, 5) is 32.2. The summed E-state index contributed by atoms with van der Waals surface area (Å²) in [7, 11) is 0. The van der Waals surface area contributed by atoms with Gasteiger partial charge in [-0.25, -0.2) is 4.98 Å². The van der Waals surface area contributed by atoms with Crippen molar-refractivity contribution in [2.45, 2.75) is 25.8 Å². The first-order valence-electron chi connectivity index (χ1n) is 7.89. The Bertz CT molecular complexity index is 552. The number of amides is 1. The zero-order chi connectivity index (χ0) is 15.5. The minimum atomic E-state index is -0.166. The third kappa shape index (κ3) is 3.11. The van der Waals surface area contributed by atoms with Crippen molar-refractivity contribution in [3.05, 3.63) is 23.9 Å². The average Bonchev–Trinajstić information content (AvgIpc) is 3.09. The van der Waals surface area contributed by atoms with Gasteiger partial charge in [-0.2, -0.15) is 0 Å². The lowest BCUT2D eigenvalue weighted by molar-refractivity contribution is -0.132. The number of ketones is 1. The molecule has 2 aliphatic heterocycles. The van der Waals surface area contributed by atoms with E-state index in [-0.39, 0.29) is 17.7 Å². The van der Waals surface area contributed by atoms with E-state index >= 15 is 0 Å². The molecule has 0 saturated carbocycles. The molecule has 6 nitrogen and oxygen atoms in total. The first kappa shape index (κ1) is 15.0. The SMILES string of the molecule is CC(=O)c1ccc(N2CCN[C@H](C(=O)N3CCCC3)C2)nc1. The molecule has 1 atom stereocenters. The van der Waals surface area contributed by atoms with Gasteiger partial charge in [0.2, 0.25) is 5.91 Å². The number of hydrogen-bond acceptors (Lipinski definition) is 5. The third-order valence-corrected chi connectivity index (χ3v) is 4.37. The molecule has 22 heavy (non-hydrogen) atoms. The molecular formula is C16H22N4O2. The van der Waals surface area contributed by atoms with E-state index in [4.69, 9.17) is 0 Å². The number of Topliss-reactive ketones (excluding diaryl/α,β-unsaturated/α-hetero) is 1. The molecule has 2 fully saturated rings. The molecule has 0 unspecified atom stereocenters. The number of nitrogens with zero attached hydrogens (tertiary/aromatic N) is 3. The van der Waals surface area contributed by atoms with Crippen LogP contribution in [0, 0.1) is 0 Å². The fraction of sp³-hybridized carbons (Fsp3) is 0.562. The fourth-order valence-electron chi connectivity index (χ4n) is 3.06. The van der Waals surface area contributed by atoms with E-state index < -0.39 is 0 Å². The monoisotopic (exact) mass is 302 g/mol. The van der Waals surface area contributed by atoms with Gasteiger partial charge in [0.25, 0.3) is 0 Å². The molecule has 1 aromatic heterocycles. The molecule has 0 spiro atoms. The number of carbonyl (C=O) groups is 2. The first-order valence-corrected chi connectivity index (χ1v) is 7.89. The van der Waals surface area contributed by atoms with Gasteiger partial charge in [0.15, 0.2) is 5.78 Å². The molecule has 1 aromatic rings. The van der Waals surface area contributed by atoms with Crippen molar-refractivity contribution in [1.29, 1.82) is 0 Å². The van der Waals surface area contributed by atoms with Gasteiger partial charge in [-0.15, -0.1) is 0 Å². The molecule has 2 aliphatic rings. The van der Waals surface area contributed by atoms with E-state index in [1.165, 1.54) is 6.92 Å². The van der Waals surface area contributed by atoms with E-state index in [1.54, 1.807) is 12.3 Å². The number of pyridine rings is 1. The Morgan fingerprint density at radius 1 is 1.23 bits per heavy atom. The molecule has 3 heterocycles. The lowest BCUT2D eigenvalue weighted by Crippen LogP contribution is -2.57. The standard InChI is InChI=1S/C16H22N4O2/c1-12(21)13-4-5-15(18-10-13)20-9-6-17-14(11-20)16(22)19-7-2-3-8-19/h4-5,10,14,17H,2-3,6-9,11H2,1H3/t14-/m0/s1. The maximum atomic E-state index is 12.5. The molecule has 2 saturated heterocycles. The van der Waals surface area contributed by atoms with Gasteiger partial charge in [-0.05, 0) is 31.9 Å². The smallest absolute Gasteiger partial charge is 0.241 e. The Morgan fingerprint density at radius 2 is 2.00 bits per heavy atom. The van der Waals surface area contributed by atoms with Crippen LogP contribution in [0.3, 0.4) is 0 Å². The molecule has 0 aromatic carbocycles. The third-order valence-electron chi connectivity index (χ3n) is 4.37. The minimum absolute atomic E-state index is 0.0152. The fourth-order valence-corrected chi connectivity index (χ4v) is 3.06. The minimum Gasteiger partial charge on any atom is -0.353 e. The van der Waals surface area contributed by atoms with Crippen molar-refractivity contribution in [1.82, 2.24) is 15.2 Å². The summed E-state index contributed by atoms with van der Waals surface area (Å²) in [5, 5.41) is 3.31. The predicted molar refractivity (Wildman–Crippen MR) is 84.1 cm³/mol. The molecule has 0 bridgehead atoms. The van der Waals surface area contributed by atoms with Crippen molar-refractivity contribution in [3.63, 3.8) is 0 Å². The summed E-state index contributed by atoms with van der Waals surface area (Å²) in [6.07, 6.45) is 3.82. The highest BCUT2D eigenvalue weighted by Gasteiger charge is 2.30. The molecule has 1 amide bonds. The second kappa shape index (κ2) is 6.44. The summed E-state index contributed by atoms with van der Waals surface area (Å²) >= 11 is 0. The summed E-state index contributed by atoms with van der Waals surface area (Å²) in [5.74, 6) is 1.04. The number of hydrogen-bond donors (Lipinski definition) is 1. The Hall–Kier alpha value is -1.95. The van der Waals surface area contributed by atoms with Gasteiger partial charge in [-0.1, -0.05) is 0 Å². The normalized spacial score (nSPS) is 22.0. The van der Waals surface area contributed by atoms with Gasteiger partial charge < -0.3 is 15.1 Å². The number of piperazine rings is 1. The van der Waals surface area contributed by atoms with Crippen LogP contribution in [0.4, 0.5) is 5.82 Å². The lowest BCUT2D eigenvalue weighted by atomic mass is 10.1. The van der Waals surface area contributed by atoms with E-state index in [2.05, 4.69) is 15.2 Å². The first-order chi connectivity index (χ1) is 10.6. The predicted octanol–water partition coefficient (Wildman–Crippen LogP) is 0.685. The molecular weight excluding hydrogens is 280 g/mol. The van der Waals surface area contributed by atoms with Crippen LogP contribution in [0.5, 0.6) is 0 Å². The topological polar surface area (TPSA) is 65.5 Å². The zero-order valence-electron chi connectivity index (χ0n) is 12.9. The maximum Gasteiger partial charge on any atom is 0.241 e. The number of rotatable bonds is 3. The van der Waals surface area contributed by atoms with Gasteiger partial charge in [0.05, 0.1) is 0 Å². The van der Waals surface area contributed by atoms with Crippen LogP contribution in [0.1, 0.15) is 30.1 Å². The Balaban J connectivity index is 1.67. The summed E-state index contributed by atoms with van der Waals surface area (Å²) in [6, 6.07) is 3.49. The highest BCUT2D eigenvalue weighted by molar-refractivity contribution is 5.93. The van der Waals surface area contributed by atoms with Crippen LogP contribution in [0.25, 0.3) is 0 Å². The van der Waals surface area contributed by atoms with Gasteiger partial charge in [-0.3, -0.25) is 9.59 Å². The quantitative estimate of drug-likeness (QED) is 0.832. The Kier molecular flexibility index (Phi) is 4.38. The molecule has 118 valence electrons. The van der Waals surface area contributed by atoms with Crippen LogP contribution in [0.15, 0.2) is 18.3 Å². The number of nitrogens with one attached hydrogen (secondary N) is 1. The largest absolute Gasteiger partial charge is 0.353 e. The van der Waals surface area contributed by atoms with Crippen LogP contribution in [-0.4, -0.2) is 60.3 Å². The second-order valence-electron chi connectivity index (χ2n) is 5.95. The number of aromatic nitrogens is 1. The van der Waals surface area contributed by atoms with E-state index in [0.29, 0.717) is 12.1 Å². The van der Waals surface area contributed by atoms with E-state index in [9.17, 15) is 9.59 Å².